The van der Waals surface area contributed by atoms with E-state index in [1.165, 1.54) is 24.3 Å². The first-order chi connectivity index (χ1) is 11.5. The van der Waals surface area contributed by atoms with Crippen molar-refractivity contribution in [2.24, 2.45) is 0 Å². The second-order valence-electron chi connectivity index (χ2n) is 5.54. The fourth-order valence-corrected chi connectivity index (χ4v) is 2.82. The zero-order chi connectivity index (χ0) is 19.9. The van der Waals surface area contributed by atoms with Crippen LogP contribution in [0, 0.1) is 0 Å². The van der Waals surface area contributed by atoms with Gasteiger partial charge in [0.15, 0.2) is 5.11 Å². The van der Waals surface area contributed by atoms with Gasteiger partial charge >= 0.3 is 10.2 Å². The largest absolute Gasteiger partial charge is 0.332 e. The third-order valence-corrected chi connectivity index (χ3v) is 4.57. The van der Waals surface area contributed by atoms with Gasteiger partial charge < -0.3 is 10.6 Å². The number of alkyl halides is 2. The molecule has 0 atom stereocenters. The summed E-state index contributed by atoms with van der Waals surface area (Å²) in [7, 11) is -9.72. The SMILES string of the molecule is CC(F)(F)c1ccc(NC(=S)Nc2ccc(S(F)(F)(F)(F)F)cc2)cc1. The molecule has 0 saturated heterocycles. The normalized spacial score (nSPS) is 14.9. The Morgan fingerprint density at radius 2 is 1.19 bits per heavy atom. The lowest BCUT2D eigenvalue weighted by atomic mass is 10.1. The maximum Gasteiger partial charge on any atom is 0.310 e. The maximum absolute atomic E-state index is 13.1. The summed E-state index contributed by atoms with van der Waals surface area (Å²) < 4.78 is 89.4. The lowest BCUT2D eigenvalue weighted by Crippen LogP contribution is -2.19. The monoisotopic (exact) mass is 418 g/mol. The molecule has 11 heteroatoms. The molecular formula is C15H13F7N2S2. The van der Waals surface area contributed by atoms with E-state index in [4.69, 9.17) is 12.2 Å². The molecule has 0 aromatic heterocycles. The number of halogens is 7. The molecular weight excluding hydrogens is 405 g/mol. The van der Waals surface area contributed by atoms with Crippen LogP contribution in [0.15, 0.2) is 53.4 Å². The molecule has 0 saturated carbocycles. The van der Waals surface area contributed by atoms with Crippen molar-refractivity contribution >= 4 is 38.9 Å². The van der Waals surface area contributed by atoms with Gasteiger partial charge in [0.2, 0.25) is 0 Å². The van der Waals surface area contributed by atoms with Crippen LogP contribution >= 0.6 is 22.4 Å². The van der Waals surface area contributed by atoms with Crippen molar-refractivity contribution in [3.63, 3.8) is 0 Å². The number of thiocarbonyl (C=S) groups is 1. The molecule has 2 rings (SSSR count). The van der Waals surface area contributed by atoms with Crippen molar-refractivity contribution in [3.8, 4) is 0 Å². The highest BCUT2D eigenvalue weighted by molar-refractivity contribution is 8.45. The number of nitrogens with one attached hydrogen (secondary N) is 2. The number of hydrogen-bond acceptors (Lipinski definition) is 1. The van der Waals surface area contributed by atoms with Crippen molar-refractivity contribution in [3.05, 3.63) is 54.1 Å². The molecule has 2 aromatic rings. The predicted octanol–water partition coefficient (Wildman–Crippen LogP) is 7.26. The van der Waals surface area contributed by atoms with E-state index < -0.39 is 21.0 Å². The first kappa shape index (κ1) is 20.3. The van der Waals surface area contributed by atoms with Gasteiger partial charge in [-0.1, -0.05) is 31.6 Å². The molecule has 0 fully saturated rings. The number of rotatable bonds is 4. The molecule has 0 amide bonds. The third kappa shape index (κ3) is 5.49. The molecule has 26 heavy (non-hydrogen) atoms. The number of benzene rings is 2. The fourth-order valence-electron chi connectivity index (χ4n) is 1.94. The standard InChI is InChI=1S/C15H13F7N2S2/c1-15(16,17)10-2-4-11(5-3-10)23-14(25)24-12-6-8-13(9-7-12)26(18,19,20,21)22/h2-9H,1H3,(H2,23,24,25). The summed E-state index contributed by atoms with van der Waals surface area (Å²) in [5.41, 5.74) is 0.206. The van der Waals surface area contributed by atoms with Gasteiger partial charge in [0.1, 0.15) is 4.90 Å². The van der Waals surface area contributed by atoms with Crippen LogP contribution in [-0.4, -0.2) is 5.11 Å². The van der Waals surface area contributed by atoms with Gasteiger partial charge in [-0.05, 0) is 48.6 Å². The Balaban J connectivity index is 2.05. The minimum Gasteiger partial charge on any atom is -0.332 e. The van der Waals surface area contributed by atoms with Gasteiger partial charge in [0, 0.05) is 23.9 Å². The van der Waals surface area contributed by atoms with Crippen molar-refractivity contribution in [1.82, 2.24) is 0 Å². The van der Waals surface area contributed by atoms with Crippen LogP contribution in [0.3, 0.4) is 0 Å². The quantitative estimate of drug-likeness (QED) is 0.403. The highest BCUT2D eigenvalue weighted by Crippen LogP contribution is 3.02. The van der Waals surface area contributed by atoms with Crippen LogP contribution in [0.1, 0.15) is 12.5 Å². The molecule has 0 aliphatic rings. The summed E-state index contributed by atoms with van der Waals surface area (Å²) in [6.45, 7) is 0.748. The Kier molecular flexibility index (Phi) is 4.49. The summed E-state index contributed by atoms with van der Waals surface area (Å²) >= 11 is 4.94. The van der Waals surface area contributed by atoms with Crippen LogP contribution in [-0.2, 0) is 5.92 Å². The summed E-state index contributed by atoms with van der Waals surface area (Å²) in [4.78, 5) is -2.01. The molecule has 0 unspecified atom stereocenters. The Labute approximate surface area is 150 Å². The third-order valence-electron chi connectivity index (χ3n) is 3.21. The maximum atomic E-state index is 13.1. The smallest absolute Gasteiger partial charge is 0.310 e. The van der Waals surface area contributed by atoms with E-state index in [1.807, 2.05) is 0 Å². The second-order valence-corrected chi connectivity index (χ2v) is 8.36. The molecule has 2 nitrogen and oxygen atoms in total. The number of hydrogen-bond donors (Lipinski definition) is 2. The van der Waals surface area contributed by atoms with Crippen molar-refractivity contribution in [2.45, 2.75) is 17.7 Å². The Morgan fingerprint density at radius 3 is 1.54 bits per heavy atom. The first-order valence-electron chi connectivity index (χ1n) is 6.95. The molecule has 0 radical (unpaired) electrons. The van der Waals surface area contributed by atoms with Crippen LogP contribution in [0.2, 0.25) is 0 Å². The van der Waals surface area contributed by atoms with E-state index in [0.717, 1.165) is 19.1 Å². The van der Waals surface area contributed by atoms with Crippen molar-refractivity contribution < 1.29 is 28.2 Å². The molecule has 2 aromatic carbocycles. The summed E-state index contributed by atoms with van der Waals surface area (Å²) in [5, 5.41) is 5.10. The molecule has 0 spiro atoms. The first-order valence-corrected chi connectivity index (χ1v) is 9.31. The highest BCUT2D eigenvalue weighted by Gasteiger charge is 2.65. The van der Waals surface area contributed by atoms with E-state index in [1.54, 1.807) is 0 Å². The number of anilines is 2. The second kappa shape index (κ2) is 5.74. The van der Waals surface area contributed by atoms with Gasteiger partial charge in [-0.3, -0.25) is 0 Å². The summed E-state index contributed by atoms with van der Waals surface area (Å²) in [5.74, 6) is -3.00. The zero-order valence-electron chi connectivity index (χ0n) is 13.1. The van der Waals surface area contributed by atoms with Gasteiger partial charge in [0.05, 0.1) is 0 Å². The van der Waals surface area contributed by atoms with Crippen LogP contribution < -0.4 is 10.6 Å². The van der Waals surface area contributed by atoms with E-state index in [-0.39, 0.29) is 28.5 Å². The molecule has 0 aliphatic carbocycles. The van der Waals surface area contributed by atoms with Crippen molar-refractivity contribution in [2.75, 3.05) is 10.6 Å². The Morgan fingerprint density at radius 1 is 0.808 bits per heavy atom. The average molecular weight is 418 g/mol. The highest BCUT2D eigenvalue weighted by atomic mass is 32.5. The minimum absolute atomic E-state index is 0.0461. The van der Waals surface area contributed by atoms with Gasteiger partial charge in [-0.2, -0.15) is 0 Å². The lowest BCUT2D eigenvalue weighted by Gasteiger charge is -2.40. The van der Waals surface area contributed by atoms with Crippen LogP contribution in [0.25, 0.3) is 0 Å². The van der Waals surface area contributed by atoms with Crippen LogP contribution in [0.4, 0.5) is 39.6 Å². The molecule has 0 bridgehead atoms. The topological polar surface area (TPSA) is 24.1 Å². The molecule has 0 heterocycles. The Bertz CT molecular complexity index is 811. The fraction of sp³-hybridized carbons (Fsp3) is 0.133. The molecule has 144 valence electrons. The molecule has 2 N–H and O–H groups in total. The van der Waals surface area contributed by atoms with Gasteiger partial charge in [-0.25, -0.2) is 8.78 Å². The van der Waals surface area contributed by atoms with Gasteiger partial charge in [0.25, 0.3) is 5.92 Å². The predicted molar refractivity (Wildman–Crippen MR) is 93.7 cm³/mol. The zero-order valence-corrected chi connectivity index (χ0v) is 14.7. The van der Waals surface area contributed by atoms with E-state index in [2.05, 4.69) is 10.6 Å². The van der Waals surface area contributed by atoms with Crippen molar-refractivity contribution in [1.29, 1.82) is 0 Å². The van der Waals surface area contributed by atoms with Crippen LogP contribution in [0.5, 0.6) is 0 Å². The average Bonchev–Trinajstić information content (AvgIpc) is 2.44. The summed E-state index contributed by atoms with van der Waals surface area (Å²) in [6.07, 6.45) is 0. The van der Waals surface area contributed by atoms with E-state index in [0.29, 0.717) is 5.69 Å². The molecule has 0 aliphatic heterocycles. The minimum atomic E-state index is -9.72. The van der Waals surface area contributed by atoms with E-state index in [9.17, 15) is 28.2 Å². The lowest BCUT2D eigenvalue weighted by molar-refractivity contribution is 0.0175. The Hall–Kier alpha value is -2.01. The van der Waals surface area contributed by atoms with E-state index >= 15 is 0 Å². The summed E-state index contributed by atoms with van der Waals surface area (Å²) in [6, 6.07) is 7.19. The van der Waals surface area contributed by atoms with Gasteiger partial charge in [-0.15, -0.1) is 0 Å².